The normalized spacial score (nSPS) is 15.4. The zero-order valence-corrected chi connectivity index (χ0v) is 17.4. The van der Waals surface area contributed by atoms with Crippen LogP contribution in [0.25, 0.3) is 0 Å². The Bertz CT molecular complexity index is 766. The molecular formula is C22H31N5O2. The van der Waals surface area contributed by atoms with Gasteiger partial charge in [-0.15, -0.1) is 0 Å². The van der Waals surface area contributed by atoms with E-state index in [2.05, 4.69) is 44.4 Å². The number of carbonyl (C=O) groups is 1. The lowest BCUT2D eigenvalue weighted by Gasteiger charge is -2.36. The molecule has 156 valence electrons. The van der Waals surface area contributed by atoms with E-state index in [0.29, 0.717) is 6.54 Å². The van der Waals surface area contributed by atoms with Crippen molar-refractivity contribution in [1.29, 1.82) is 0 Å². The quantitative estimate of drug-likeness (QED) is 0.569. The number of nitrogens with zero attached hydrogens (tertiary/aromatic N) is 4. The lowest BCUT2D eigenvalue weighted by molar-refractivity contribution is -0.127. The minimum atomic E-state index is -0.00181. The fourth-order valence-electron chi connectivity index (χ4n) is 3.26. The van der Waals surface area contributed by atoms with Crippen molar-refractivity contribution in [3.8, 4) is 0 Å². The van der Waals surface area contributed by atoms with E-state index in [1.54, 1.807) is 25.3 Å². The van der Waals surface area contributed by atoms with Gasteiger partial charge < -0.3 is 19.5 Å². The first-order valence-electron chi connectivity index (χ1n) is 10.1. The van der Waals surface area contributed by atoms with Crippen LogP contribution in [0.2, 0.25) is 0 Å². The second kappa shape index (κ2) is 10.7. The van der Waals surface area contributed by atoms with Crippen molar-refractivity contribution in [3.63, 3.8) is 0 Å². The maximum Gasteiger partial charge on any atom is 0.243 e. The highest BCUT2D eigenvalue weighted by atomic mass is 16.3. The second-order valence-electron chi connectivity index (χ2n) is 7.43. The second-order valence-corrected chi connectivity index (χ2v) is 7.43. The van der Waals surface area contributed by atoms with Crippen LogP contribution in [0.5, 0.6) is 0 Å². The SMILES string of the molecule is CN(C)C(=O)CN=C(NCCc1ccco1)N1CCN(Cc2ccccc2)CC1. The monoisotopic (exact) mass is 397 g/mol. The van der Waals surface area contributed by atoms with Gasteiger partial charge in [0, 0.05) is 59.8 Å². The Labute approximate surface area is 173 Å². The van der Waals surface area contributed by atoms with E-state index in [9.17, 15) is 4.79 Å². The number of likely N-dealkylation sites (N-methyl/N-ethyl adjacent to an activating group) is 1. The fourth-order valence-corrected chi connectivity index (χ4v) is 3.26. The number of carbonyl (C=O) groups excluding carboxylic acids is 1. The summed E-state index contributed by atoms with van der Waals surface area (Å²) in [7, 11) is 3.51. The van der Waals surface area contributed by atoms with Crippen LogP contribution < -0.4 is 5.32 Å². The number of rotatable bonds is 7. The molecule has 2 aromatic rings. The topological polar surface area (TPSA) is 64.3 Å². The Kier molecular flexibility index (Phi) is 7.69. The number of hydrogen-bond acceptors (Lipinski definition) is 4. The third-order valence-electron chi connectivity index (χ3n) is 5.02. The molecule has 0 aliphatic carbocycles. The molecule has 2 heterocycles. The van der Waals surface area contributed by atoms with Crippen LogP contribution in [0.1, 0.15) is 11.3 Å². The number of nitrogens with one attached hydrogen (secondary N) is 1. The van der Waals surface area contributed by atoms with E-state index in [4.69, 9.17) is 4.42 Å². The molecule has 0 bridgehead atoms. The Morgan fingerprint density at radius 3 is 2.52 bits per heavy atom. The van der Waals surface area contributed by atoms with Crippen molar-refractivity contribution in [2.24, 2.45) is 4.99 Å². The lowest BCUT2D eigenvalue weighted by atomic mass is 10.2. The van der Waals surface area contributed by atoms with E-state index >= 15 is 0 Å². The van der Waals surface area contributed by atoms with Gasteiger partial charge in [-0.25, -0.2) is 4.99 Å². The first-order chi connectivity index (χ1) is 14.1. The van der Waals surface area contributed by atoms with E-state index < -0.39 is 0 Å². The summed E-state index contributed by atoms with van der Waals surface area (Å²) in [5.41, 5.74) is 1.34. The standard InChI is InChI=1S/C22H31N5O2/c1-25(2)21(28)17-24-22(23-11-10-20-9-6-16-29-20)27-14-12-26(13-15-27)18-19-7-4-3-5-8-19/h3-9,16H,10-15,17-18H2,1-2H3,(H,23,24). The third kappa shape index (κ3) is 6.64. The maximum absolute atomic E-state index is 12.0. The Morgan fingerprint density at radius 1 is 1.10 bits per heavy atom. The first kappa shape index (κ1) is 20.9. The molecule has 0 atom stereocenters. The summed E-state index contributed by atoms with van der Waals surface area (Å²) in [5.74, 6) is 1.73. The molecule has 29 heavy (non-hydrogen) atoms. The van der Waals surface area contributed by atoms with Crippen molar-refractivity contribution in [3.05, 3.63) is 60.1 Å². The van der Waals surface area contributed by atoms with Crippen LogP contribution in [0.15, 0.2) is 58.1 Å². The molecule has 7 heteroatoms. The van der Waals surface area contributed by atoms with Crippen LogP contribution >= 0.6 is 0 Å². The number of piperazine rings is 1. The predicted molar refractivity (Wildman–Crippen MR) is 115 cm³/mol. The molecule has 0 spiro atoms. The minimum absolute atomic E-state index is 0.00181. The molecule has 0 radical (unpaired) electrons. The van der Waals surface area contributed by atoms with Gasteiger partial charge in [0.25, 0.3) is 0 Å². The summed E-state index contributed by atoms with van der Waals surface area (Å²) in [6.07, 6.45) is 2.47. The molecule has 1 amide bonds. The number of guanidine groups is 1. The van der Waals surface area contributed by atoms with Gasteiger partial charge in [0.05, 0.1) is 6.26 Å². The number of benzene rings is 1. The number of aliphatic imine (C=N–C) groups is 1. The van der Waals surface area contributed by atoms with Gasteiger partial charge >= 0.3 is 0 Å². The van der Waals surface area contributed by atoms with Crippen molar-refractivity contribution < 1.29 is 9.21 Å². The highest BCUT2D eigenvalue weighted by molar-refractivity contribution is 5.84. The highest BCUT2D eigenvalue weighted by Crippen LogP contribution is 2.09. The number of furan rings is 1. The molecule has 1 aliphatic rings. The Hall–Kier alpha value is -2.80. The largest absolute Gasteiger partial charge is 0.469 e. The van der Waals surface area contributed by atoms with Crippen LogP contribution in [0.4, 0.5) is 0 Å². The van der Waals surface area contributed by atoms with Gasteiger partial charge in [0.1, 0.15) is 12.3 Å². The molecule has 1 fully saturated rings. The van der Waals surface area contributed by atoms with Gasteiger partial charge in [-0.1, -0.05) is 30.3 Å². The molecule has 7 nitrogen and oxygen atoms in total. The third-order valence-corrected chi connectivity index (χ3v) is 5.02. The Balaban J connectivity index is 1.55. The van der Waals surface area contributed by atoms with E-state index in [1.807, 2.05) is 18.2 Å². The highest BCUT2D eigenvalue weighted by Gasteiger charge is 2.20. The van der Waals surface area contributed by atoms with E-state index in [0.717, 1.165) is 50.9 Å². The van der Waals surface area contributed by atoms with Gasteiger partial charge in [-0.05, 0) is 17.7 Å². The van der Waals surface area contributed by atoms with Gasteiger partial charge in [0.2, 0.25) is 5.91 Å². The number of hydrogen-bond donors (Lipinski definition) is 1. The van der Waals surface area contributed by atoms with E-state index in [-0.39, 0.29) is 12.5 Å². The molecule has 0 saturated carbocycles. The molecule has 1 aromatic heterocycles. The zero-order valence-electron chi connectivity index (χ0n) is 17.4. The smallest absolute Gasteiger partial charge is 0.243 e. The summed E-state index contributed by atoms with van der Waals surface area (Å²) in [4.78, 5) is 22.9. The van der Waals surface area contributed by atoms with Crippen LogP contribution in [0.3, 0.4) is 0 Å². The van der Waals surface area contributed by atoms with Crippen molar-refractivity contribution in [1.82, 2.24) is 20.0 Å². The molecule has 1 saturated heterocycles. The maximum atomic E-state index is 12.0. The molecule has 0 unspecified atom stereocenters. The number of amides is 1. The first-order valence-corrected chi connectivity index (χ1v) is 10.1. The molecule has 3 rings (SSSR count). The van der Waals surface area contributed by atoms with Crippen molar-refractivity contribution in [2.75, 3.05) is 53.4 Å². The summed E-state index contributed by atoms with van der Waals surface area (Å²) >= 11 is 0. The Morgan fingerprint density at radius 2 is 1.86 bits per heavy atom. The van der Waals surface area contributed by atoms with Crippen molar-refractivity contribution >= 4 is 11.9 Å². The predicted octanol–water partition coefficient (Wildman–Crippen LogP) is 1.67. The minimum Gasteiger partial charge on any atom is -0.469 e. The zero-order chi connectivity index (χ0) is 20.5. The molecular weight excluding hydrogens is 366 g/mol. The molecule has 1 aliphatic heterocycles. The van der Waals surface area contributed by atoms with Crippen LogP contribution in [-0.2, 0) is 17.8 Å². The summed E-state index contributed by atoms with van der Waals surface area (Å²) < 4.78 is 5.40. The van der Waals surface area contributed by atoms with Crippen LogP contribution in [0, 0.1) is 0 Å². The van der Waals surface area contributed by atoms with E-state index in [1.165, 1.54) is 5.56 Å². The fraction of sp³-hybridized carbons (Fsp3) is 0.455. The lowest BCUT2D eigenvalue weighted by Crippen LogP contribution is -2.52. The molecule has 1 aromatic carbocycles. The van der Waals surface area contributed by atoms with Gasteiger partial charge in [-0.2, -0.15) is 0 Å². The summed E-state index contributed by atoms with van der Waals surface area (Å²) in [6, 6.07) is 14.4. The summed E-state index contributed by atoms with van der Waals surface area (Å²) in [6.45, 7) is 5.54. The average molecular weight is 398 g/mol. The molecule has 1 N–H and O–H groups in total. The van der Waals surface area contributed by atoms with Crippen molar-refractivity contribution in [2.45, 2.75) is 13.0 Å². The van der Waals surface area contributed by atoms with Gasteiger partial charge in [-0.3, -0.25) is 9.69 Å². The average Bonchev–Trinajstić information content (AvgIpc) is 3.25. The van der Waals surface area contributed by atoms with Gasteiger partial charge in [0.15, 0.2) is 5.96 Å². The van der Waals surface area contributed by atoms with Crippen LogP contribution in [-0.4, -0.2) is 79.9 Å². The summed E-state index contributed by atoms with van der Waals surface area (Å²) in [5, 5.41) is 3.41.